The van der Waals surface area contributed by atoms with Crippen molar-refractivity contribution in [2.24, 2.45) is 5.73 Å². The third-order valence-electron chi connectivity index (χ3n) is 2.86. The average Bonchev–Trinajstić information content (AvgIpc) is 2.46. The number of benzene rings is 1. The van der Waals surface area contributed by atoms with Gasteiger partial charge in [0.1, 0.15) is 11.5 Å². The van der Waals surface area contributed by atoms with E-state index in [4.69, 9.17) is 15.2 Å². The highest BCUT2D eigenvalue weighted by molar-refractivity contribution is 5.73. The van der Waals surface area contributed by atoms with Crippen molar-refractivity contribution in [1.82, 2.24) is 5.32 Å². The summed E-state index contributed by atoms with van der Waals surface area (Å²) in [5.74, 6) is 1.16. The molecule has 0 saturated carbocycles. The van der Waals surface area contributed by atoms with E-state index in [9.17, 15) is 4.79 Å². The van der Waals surface area contributed by atoms with E-state index in [0.29, 0.717) is 6.61 Å². The number of hydrogen-bond acceptors (Lipinski definition) is 4. The van der Waals surface area contributed by atoms with Gasteiger partial charge in [-0.15, -0.1) is 0 Å². The van der Waals surface area contributed by atoms with Crippen LogP contribution in [-0.2, 0) is 11.3 Å². The first-order valence-electron chi connectivity index (χ1n) is 7.54. The second-order valence-corrected chi connectivity index (χ2v) is 4.86. The lowest BCUT2D eigenvalue weighted by atomic mass is 10.2. The minimum Gasteiger partial charge on any atom is -0.493 e. The van der Waals surface area contributed by atoms with Gasteiger partial charge >= 0.3 is 0 Å². The second kappa shape index (κ2) is 10.0. The smallest absolute Gasteiger partial charge is 0.220 e. The number of hydrogen-bond donors (Lipinski definition) is 2. The Morgan fingerprint density at radius 2 is 2.00 bits per heavy atom. The fraction of sp³-hybridized carbons (Fsp3) is 0.562. The molecule has 118 valence electrons. The number of rotatable bonds is 11. The molecule has 0 heterocycles. The molecule has 21 heavy (non-hydrogen) atoms. The van der Waals surface area contributed by atoms with Crippen molar-refractivity contribution in [3.05, 3.63) is 23.8 Å². The molecular weight excluding hydrogens is 268 g/mol. The monoisotopic (exact) mass is 294 g/mol. The Morgan fingerprint density at radius 3 is 2.67 bits per heavy atom. The summed E-state index contributed by atoms with van der Waals surface area (Å²) >= 11 is 0. The van der Waals surface area contributed by atoms with Gasteiger partial charge in [0.05, 0.1) is 19.6 Å². The second-order valence-electron chi connectivity index (χ2n) is 4.86. The lowest BCUT2D eigenvalue weighted by Crippen LogP contribution is -2.17. The molecule has 0 unspecified atom stereocenters. The molecule has 0 atom stereocenters. The van der Waals surface area contributed by atoms with Crippen LogP contribution in [0.1, 0.15) is 38.7 Å². The van der Waals surface area contributed by atoms with E-state index < -0.39 is 0 Å². The molecule has 0 aromatic heterocycles. The standard InChI is InChI=1S/C16H26N2O3/c1-3-8-18-12-13-5-6-14(20-9-4-2)11-15(13)21-10-7-16(17)19/h5-6,11,18H,3-4,7-10,12H2,1-2H3,(H2,17,19). The minimum atomic E-state index is -0.362. The normalized spacial score (nSPS) is 10.4. The molecule has 5 nitrogen and oxygen atoms in total. The van der Waals surface area contributed by atoms with Crippen molar-refractivity contribution in [1.29, 1.82) is 0 Å². The van der Waals surface area contributed by atoms with E-state index in [0.717, 1.165) is 43.0 Å². The summed E-state index contributed by atoms with van der Waals surface area (Å²) in [4.78, 5) is 10.8. The van der Waals surface area contributed by atoms with Crippen molar-refractivity contribution >= 4 is 5.91 Å². The first-order valence-corrected chi connectivity index (χ1v) is 7.54. The van der Waals surface area contributed by atoms with Crippen molar-refractivity contribution in [2.45, 2.75) is 39.7 Å². The van der Waals surface area contributed by atoms with Crippen LogP contribution in [0.2, 0.25) is 0 Å². The van der Waals surface area contributed by atoms with Gasteiger partial charge < -0.3 is 20.5 Å². The van der Waals surface area contributed by atoms with E-state index in [1.54, 1.807) is 0 Å². The average molecular weight is 294 g/mol. The molecule has 3 N–H and O–H groups in total. The summed E-state index contributed by atoms with van der Waals surface area (Å²) in [6, 6.07) is 5.81. The van der Waals surface area contributed by atoms with E-state index >= 15 is 0 Å². The number of primary amides is 1. The van der Waals surface area contributed by atoms with Gasteiger partial charge in [-0.25, -0.2) is 0 Å². The highest BCUT2D eigenvalue weighted by atomic mass is 16.5. The van der Waals surface area contributed by atoms with Gasteiger partial charge in [0.15, 0.2) is 0 Å². The Balaban J connectivity index is 2.71. The third-order valence-corrected chi connectivity index (χ3v) is 2.86. The van der Waals surface area contributed by atoms with E-state index in [2.05, 4.69) is 19.2 Å². The van der Waals surface area contributed by atoms with Gasteiger partial charge in [0.2, 0.25) is 5.91 Å². The van der Waals surface area contributed by atoms with Crippen molar-refractivity contribution in [3.8, 4) is 11.5 Å². The Hall–Kier alpha value is -1.75. The molecule has 5 heteroatoms. The summed E-state index contributed by atoms with van der Waals surface area (Å²) in [6.45, 7) is 6.83. The van der Waals surface area contributed by atoms with Gasteiger partial charge in [0.25, 0.3) is 0 Å². The molecule has 0 aliphatic rings. The maximum atomic E-state index is 10.8. The van der Waals surface area contributed by atoms with Crippen LogP contribution in [0.3, 0.4) is 0 Å². The Bertz CT molecular complexity index is 436. The van der Waals surface area contributed by atoms with Crippen LogP contribution >= 0.6 is 0 Å². The quantitative estimate of drug-likeness (QED) is 0.614. The molecule has 1 aromatic carbocycles. The zero-order chi connectivity index (χ0) is 15.5. The zero-order valence-corrected chi connectivity index (χ0v) is 13.0. The van der Waals surface area contributed by atoms with Gasteiger partial charge in [-0.3, -0.25) is 4.79 Å². The van der Waals surface area contributed by atoms with Gasteiger partial charge in [0, 0.05) is 18.2 Å². The molecule has 0 fully saturated rings. The Kier molecular flexibility index (Phi) is 8.28. The van der Waals surface area contributed by atoms with Gasteiger partial charge in [-0.2, -0.15) is 0 Å². The largest absolute Gasteiger partial charge is 0.493 e. The van der Waals surface area contributed by atoms with Crippen LogP contribution in [-0.4, -0.2) is 25.7 Å². The minimum absolute atomic E-state index is 0.210. The highest BCUT2D eigenvalue weighted by Gasteiger charge is 2.07. The summed E-state index contributed by atoms with van der Waals surface area (Å²) in [5.41, 5.74) is 6.19. The number of amides is 1. The molecule has 0 bridgehead atoms. The SMILES string of the molecule is CCCNCc1ccc(OCCC)cc1OCCC(N)=O. The molecule has 1 aromatic rings. The molecular formula is C16H26N2O3. The summed E-state index contributed by atoms with van der Waals surface area (Å²) in [6.07, 6.45) is 2.25. The Labute approximate surface area is 126 Å². The molecule has 0 aliphatic carbocycles. The van der Waals surface area contributed by atoms with Crippen LogP contribution in [0.25, 0.3) is 0 Å². The summed E-state index contributed by atoms with van der Waals surface area (Å²) in [5, 5.41) is 3.34. The molecule has 0 saturated heterocycles. The number of carbonyl (C=O) groups is 1. The maximum absolute atomic E-state index is 10.8. The van der Waals surface area contributed by atoms with Gasteiger partial charge in [-0.05, 0) is 25.5 Å². The fourth-order valence-electron chi connectivity index (χ4n) is 1.79. The van der Waals surface area contributed by atoms with Crippen LogP contribution in [0.15, 0.2) is 18.2 Å². The fourth-order valence-corrected chi connectivity index (χ4v) is 1.79. The first-order chi connectivity index (χ1) is 10.2. The summed E-state index contributed by atoms with van der Waals surface area (Å²) in [7, 11) is 0. The van der Waals surface area contributed by atoms with Crippen molar-refractivity contribution in [3.63, 3.8) is 0 Å². The van der Waals surface area contributed by atoms with Crippen LogP contribution < -0.4 is 20.5 Å². The van der Waals surface area contributed by atoms with E-state index in [1.165, 1.54) is 0 Å². The van der Waals surface area contributed by atoms with Crippen molar-refractivity contribution in [2.75, 3.05) is 19.8 Å². The number of nitrogens with one attached hydrogen (secondary N) is 1. The molecule has 1 rings (SSSR count). The molecule has 0 radical (unpaired) electrons. The molecule has 0 aliphatic heterocycles. The third kappa shape index (κ3) is 6.99. The number of nitrogens with two attached hydrogens (primary N) is 1. The van der Waals surface area contributed by atoms with E-state index in [1.807, 2.05) is 18.2 Å². The maximum Gasteiger partial charge on any atom is 0.220 e. The first kappa shape index (κ1) is 17.3. The topological polar surface area (TPSA) is 73.6 Å². The van der Waals surface area contributed by atoms with E-state index in [-0.39, 0.29) is 18.9 Å². The lowest BCUT2D eigenvalue weighted by Gasteiger charge is -2.14. The van der Waals surface area contributed by atoms with Crippen LogP contribution in [0.4, 0.5) is 0 Å². The predicted molar refractivity (Wildman–Crippen MR) is 83.5 cm³/mol. The zero-order valence-electron chi connectivity index (χ0n) is 13.0. The Morgan fingerprint density at radius 1 is 1.19 bits per heavy atom. The molecule has 0 spiro atoms. The predicted octanol–water partition coefficient (Wildman–Crippen LogP) is 2.23. The summed E-state index contributed by atoms with van der Waals surface area (Å²) < 4.78 is 11.3. The molecule has 1 amide bonds. The number of carbonyl (C=O) groups excluding carboxylic acids is 1. The highest BCUT2D eigenvalue weighted by Crippen LogP contribution is 2.25. The van der Waals surface area contributed by atoms with Crippen LogP contribution in [0, 0.1) is 0 Å². The number of ether oxygens (including phenoxy) is 2. The van der Waals surface area contributed by atoms with Crippen molar-refractivity contribution < 1.29 is 14.3 Å². The lowest BCUT2D eigenvalue weighted by molar-refractivity contribution is -0.118. The van der Waals surface area contributed by atoms with Gasteiger partial charge in [-0.1, -0.05) is 19.9 Å². The van der Waals surface area contributed by atoms with Crippen LogP contribution in [0.5, 0.6) is 11.5 Å².